The molecule has 0 fully saturated rings. The number of anilines is 2. The van der Waals surface area contributed by atoms with Crippen LogP contribution in [0, 0.1) is 0 Å². The van der Waals surface area contributed by atoms with Crippen molar-refractivity contribution in [3.63, 3.8) is 0 Å². The average molecular weight is 362 g/mol. The van der Waals surface area contributed by atoms with Crippen LogP contribution >= 0.6 is 39.1 Å². The lowest BCUT2D eigenvalue weighted by Crippen LogP contribution is -2.11. The molecule has 4 nitrogen and oxygen atoms in total. The van der Waals surface area contributed by atoms with Gasteiger partial charge < -0.3 is 10.7 Å². The number of hydrogen-bond acceptors (Lipinski definition) is 4. The first kappa shape index (κ1) is 14.4. The molecule has 19 heavy (non-hydrogen) atoms. The Hall–Kier alpha value is -1.01. The zero-order valence-electron chi connectivity index (χ0n) is 9.75. The minimum atomic E-state index is 0.375. The van der Waals surface area contributed by atoms with Gasteiger partial charge in [0.15, 0.2) is 5.82 Å². The van der Waals surface area contributed by atoms with Crippen LogP contribution in [0.2, 0.25) is 10.0 Å². The Bertz CT molecular complexity index is 592. The summed E-state index contributed by atoms with van der Waals surface area (Å²) in [6.45, 7) is 0.595. The van der Waals surface area contributed by atoms with E-state index in [0.29, 0.717) is 28.2 Å². The first-order valence-corrected chi connectivity index (χ1v) is 6.96. The molecule has 0 atom stereocenters. The Balaban J connectivity index is 2.15. The number of rotatable bonds is 4. The summed E-state index contributed by atoms with van der Waals surface area (Å²) in [6, 6.07) is 9.54. The Labute approximate surface area is 129 Å². The highest BCUT2D eigenvalue weighted by Crippen LogP contribution is 2.29. The topological polar surface area (TPSA) is 63.0 Å². The first-order chi connectivity index (χ1) is 9.10. The number of nitrogens with zero attached hydrogens (tertiary/aromatic N) is 1. The molecule has 0 aliphatic heterocycles. The predicted octanol–water partition coefficient (Wildman–Crippen LogP) is 4.05. The number of hydrazine groups is 1. The highest BCUT2D eigenvalue weighted by Gasteiger charge is 2.08. The molecule has 0 bridgehead atoms. The van der Waals surface area contributed by atoms with Gasteiger partial charge in [-0.2, -0.15) is 0 Å². The molecule has 4 N–H and O–H groups in total. The van der Waals surface area contributed by atoms with Gasteiger partial charge in [0.2, 0.25) is 0 Å². The quantitative estimate of drug-likeness (QED) is 0.567. The minimum absolute atomic E-state index is 0.375. The summed E-state index contributed by atoms with van der Waals surface area (Å²) in [5.74, 6) is 6.23. The number of benzene rings is 1. The van der Waals surface area contributed by atoms with E-state index in [1.165, 1.54) is 0 Å². The molecule has 1 aromatic carbocycles. The molecule has 0 amide bonds. The molecule has 2 rings (SSSR count). The lowest BCUT2D eigenvalue weighted by molar-refractivity contribution is 1.10. The van der Waals surface area contributed by atoms with E-state index in [2.05, 4.69) is 31.7 Å². The van der Waals surface area contributed by atoms with Crippen LogP contribution in [0.5, 0.6) is 0 Å². The Morgan fingerprint density at radius 2 is 1.89 bits per heavy atom. The SMILES string of the molecule is NNc1nc(NCc2cccc(Br)c2)c(Cl)cc1Cl. The van der Waals surface area contributed by atoms with Crippen LogP contribution < -0.4 is 16.6 Å². The van der Waals surface area contributed by atoms with Crippen LogP contribution in [0.1, 0.15) is 5.56 Å². The summed E-state index contributed by atoms with van der Waals surface area (Å²) in [4.78, 5) is 4.20. The summed E-state index contributed by atoms with van der Waals surface area (Å²) in [5.41, 5.74) is 3.52. The van der Waals surface area contributed by atoms with Crippen LogP contribution in [-0.2, 0) is 6.54 Å². The molecule has 0 aliphatic rings. The van der Waals surface area contributed by atoms with Crippen LogP contribution in [0.25, 0.3) is 0 Å². The van der Waals surface area contributed by atoms with Gasteiger partial charge in [0.1, 0.15) is 5.82 Å². The number of nitrogen functional groups attached to an aromatic ring is 1. The van der Waals surface area contributed by atoms with Gasteiger partial charge in [-0.15, -0.1) is 0 Å². The summed E-state index contributed by atoms with van der Waals surface area (Å²) in [6.07, 6.45) is 0. The summed E-state index contributed by atoms with van der Waals surface area (Å²) in [7, 11) is 0. The fourth-order valence-electron chi connectivity index (χ4n) is 1.52. The molecule has 0 unspecified atom stereocenters. The fraction of sp³-hybridized carbons (Fsp3) is 0.0833. The Morgan fingerprint density at radius 1 is 1.16 bits per heavy atom. The Morgan fingerprint density at radius 3 is 2.58 bits per heavy atom. The van der Waals surface area contributed by atoms with E-state index in [0.717, 1.165) is 10.0 Å². The predicted molar refractivity (Wildman–Crippen MR) is 83.5 cm³/mol. The minimum Gasteiger partial charge on any atom is -0.365 e. The van der Waals surface area contributed by atoms with Crippen molar-refractivity contribution < 1.29 is 0 Å². The van der Waals surface area contributed by atoms with Gasteiger partial charge in [-0.25, -0.2) is 10.8 Å². The van der Waals surface area contributed by atoms with E-state index in [-0.39, 0.29) is 0 Å². The number of nitrogens with one attached hydrogen (secondary N) is 2. The monoisotopic (exact) mass is 360 g/mol. The second kappa shape index (κ2) is 6.43. The molecule has 1 aromatic heterocycles. The Kier molecular flexibility index (Phi) is 4.87. The molecule has 0 radical (unpaired) electrons. The maximum Gasteiger partial charge on any atom is 0.161 e. The van der Waals surface area contributed by atoms with Crippen molar-refractivity contribution in [2.45, 2.75) is 6.54 Å². The van der Waals surface area contributed by atoms with Crippen molar-refractivity contribution in [3.05, 3.63) is 50.4 Å². The molecular weight excluding hydrogens is 351 g/mol. The van der Waals surface area contributed by atoms with Crippen molar-refractivity contribution in [3.8, 4) is 0 Å². The highest BCUT2D eigenvalue weighted by atomic mass is 79.9. The van der Waals surface area contributed by atoms with Gasteiger partial charge in [0.25, 0.3) is 0 Å². The maximum atomic E-state index is 6.07. The van der Waals surface area contributed by atoms with Crippen LogP contribution in [0.3, 0.4) is 0 Å². The van der Waals surface area contributed by atoms with E-state index in [1.54, 1.807) is 6.07 Å². The van der Waals surface area contributed by atoms with Gasteiger partial charge in [-0.1, -0.05) is 51.3 Å². The number of halogens is 3. The molecule has 2 aromatic rings. The molecule has 7 heteroatoms. The average Bonchev–Trinajstić information content (AvgIpc) is 2.38. The summed E-state index contributed by atoms with van der Waals surface area (Å²) in [5, 5.41) is 3.96. The molecule has 0 saturated carbocycles. The zero-order chi connectivity index (χ0) is 13.8. The summed E-state index contributed by atoms with van der Waals surface area (Å²) >= 11 is 15.4. The number of hydrogen-bond donors (Lipinski definition) is 3. The van der Waals surface area contributed by atoms with Gasteiger partial charge in [0, 0.05) is 11.0 Å². The molecule has 0 aliphatic carbocycles. The highest BCUT2D eigenvalue weighted by molar-refractivity contribution is 9.10. The van der Waals surface area contributed by atoms with Crippen LogP contribution in [0.15, 0.2) is 34.8 Å². The molecule has 100 valence electrons. The fourth-order valence-corrected chi connectivity index (χ4v) is 2.45. The third kappa shape index (κ3) is 3.73. The summed E-state index contributed by atoms with van der Waals surface area (Å²) < 4.78 is 1.02. The van der Waals surface area contributed by atoms with Crippen molar-refractivity contribution in [1.82, 2.24) is 4.98 Å². The molecule has 0 saturated heterocycles. The number of nitrogens with two attached hydrogens (primary N) is 1. The van der Waals surface area contributed by atoms with E-state index < -0.39 is 0 Å². The van der Waals surface area contributed by atoms with E-state index in [1.807, 2.05) is 24.3 Å². The second-order valence-corrected chi connectivity index (χ2v) is 5.51. The van der Waals surface area contributed by atoms with Crippen molar-refractivity contribution in [1.29, 1.82) is 0 Å². The largest absolute Gasteiger partial charge is 0.365 e. The normalized spacial score (nSPS) is 10.3. The van der Waals surface area contributed by atoms with Gasteiger partial charge >= 0.3 is 0 Å². The van der Waals surface area contributed by atoms with E-state index >= 15 is 0 Å². The molecular formula is C12H11BrCl2N4. The first-order valence-electron chi connectivity index (χ1n) is 5.41. The van der Waals surface area contributed by atoms with Gasteiger partial charge in [0.05, 0.1) is 10.0 Å². The van der Waals surface area contributed by atoms with Crippen LogP contribution in [-0.4, -0.2) is 4.98 Å². The van der Waals surface area contributed by atoms with E-state index in [9.17, 15) is 0 Å². The lowest BCUT2D eigenvalue weighted by atomic mass is 10.2. The number of pyridine rings is 1. The second-order valence-electron chi connectivity index (χ2n) is 3.78. The third-order valence-corrected chi connectivity index (χ3v) is 3.48. The lowest BCUT2D eigenvalue weighted by Gasteiger charge is -2.10. The smallest absolute Gasteiger partial charge is 0.161 e. The molecule has 0 spiro atoms. The third-order valence-electron chi connectivity index (χ3n) is 2.42. The van der Waals surface area contributed by atoms with Gasteiger partial charge in [-0.05, 0) is 23.8 Å². The zero-order valence-corrected chi connectivity index (χ0v) is 12.9. The number of aromatic nitrogens is 1. The van der Waals surface area contributed by atoms with Gasteiger partial charge in [-0.3, -0.25) is 0 Å². The maximum absolute atomic E-state index is 6.07. The van der Waals surface area contributed by atoms with Crippen molar-refractivity contribution >= 4 is 50.8 Å². The standard InChI is InChI=1S/C12H11BrCl2N4/c13-8-3-1-2-7(4-8)6-17-11-9(14)5-10(15)12(18-11)19-16/h1-5H,6,16H2,(H2,17,18,19). The van der Waals surface area contributed by atoms with Crippen molar-refractivity contribution in [2.24, 2.45) is 5.84 Å². The van der Waals surface area contributed by atoms with E-state index in [4.69, 9.17) is 29.0 Å². The molecule has 1 heterocycles. The van der Waals surface area contributed by atoms with Crippen LogP contribution in [0.4, 0.5) is 11.6 Å². The van der Waals surface area contributed by atoms with Crippen molar-refractivity contribution in [2.75, 3.05) is 10.7 Å².